The van der Waals surface area contributed by atoms with E-state index in [1.165, 1.54) is 18.5 Å². The Morgan fingerprint density at radius 3 is 2.77 bits per heavy atom. The van der Waals surface area contributed by atoms with Crippen molar-refractivity contribution in [1.29, 1.82) is 0 Å². The van der Waals surface area contributed by atoms with E-state index in [9.17, 15) is 18.1 Å². The summed E-state index contributed by atoms with van der Waals surface area (Å²) in [6.45, 7) is 0. The zero-order chi connectivity index (χ0) is 15.9. The first-order valence-corrected chi connectivity index (χ1v) is 8.48. The molecule has 3 rings (SSSR count). The zero-order valence-corrected chi connectivity index (χ0v) is 12.6. The zero-order valence-electron chi connectivity index (χ0n) is 11.8. The van der Waals surface area contributed by atoms with Gasteiger partial charge in [-0.2, -0.15) is 0 Å². The van der Waals surface area contributed by atoms with Crippen molar-refractivity contribution in [2.45, 2.75) is 24.5 Å². The van der Waals surface area contributed by atoms with Crippen molar-refractivity contribution < 1.29 is 22.7 Å². The topological polar surface area (TPSA) is 66.2 Å². The second kappa shape index (κ2) is 5.81. The number of rotatable bonds is 5. The quantitative estimate of drug-likeness (QED) is 0.626. The summed E-state index contributed by atoms with van der Waals surface area (Å²) in [5.41, 5.74) is 0.0876. The SMILES string of the molecule is C[S+]([O-])Cc1c(C(=O)c2cnoc2C2CC2)ccc(F)c1F. The van der Waals surface area contributed by atoms with E-state index in [4.69, 9.17) is 4.52 Å². The second-order valence-electron chi connectivity index (χ2n) is 5.31. The molecule has 0 spiro atoms. The number of carbonyl (C=O) groups excluding carboxylic acids is 1. The van der Waals surface area contributed by atoms with Crippen molar-refractivity contribution in [2.75, 3.05) is 6.26 Å². The molecule has 1 fully saturated rings. The minimum atomic E-state index is -1.41. The molecule has 22 heavy (non-hydrogen) atoms. The van der Waals surface area contributed by atoms with Gasteiger partial charge in [-0.1, -0.05) is 16.3 Å². The first-order chi connectivity index (χ1) is 10.5. The first kappa shape index (κ1) is 15.2. The number of benzene rings is 1. The van der Waals surface area contributed by atoms with Crippen molar-refractivity contribution in [1.82, 2.24) is 5.16 Å². The summed E-state index contributed by atoms with van der Waals surface area (Å²) in [7, 11) is 0. The van der Waals surface area contributed by atoms with E-state index in [0.29, 0.717) is 5.76 Å². The lowest BCUT2D eigenvalue weighted by Gasteiger charge is -2.11. The standard InChI is InChI=1S/C15H13F2NO3S/c1-22(20)7-11-9(4-5-12(16)13(11)17)14(19)10-6-18-21-15(10)8-2-3-8/h4-6,8H,2-3,7H2,1H3. The first-order valence-electron chi connectivity index (χ1n) is 6.75. The van der Waals surface area contributed by atoms with E-state index in [0.717, 1.165) is 18.9 Å². The van der Waals surface area contributed by atoms with E-state index in [2.05, 4.69) is 5.16 Å². The van der Waals surface area contributed by atoms with Gasteiger partial charge >= 0.3 is 0 Å². The van der Waals surface area contributed by atoms with Crippen molar-refractivity contribution in [3.8, 4) is 0 Å². The summed E-state index contributed by atoms with van der Waals surface area (Å²) < 4.78 is 43.9. The van der Waals surface area contributed by atoms with Gasteiger partial charge in [-0.15, -0.1) is 0 Å². The molecule has 1 aliphatic rings. The Morgan fingerprint density at radius 2 is 2.14 bits per heavy atom. The average Bonchev–Trinajstić information content (AvgIpc) is 3.20. The Kier molecular flexibility index (Phi) is 4.01. The number of hydrogen-bond donors (Lipinski definition) is 0. The molecular weight excluding hydrogens is 312 g/mol. The number of ketones is 1. The van der Waals surface area contributed by atoms with Crippen LogP contribution in [0.1, 0.15) is 46.0 Å². The van der Waals surface area contributed by atoms with Gasteiger partial charge in [0.05, 0.1) is 23.6 Å². The summed E-state index contributed by atoms with van der Waals surface area (Å²) in [6.07, 6.45) is 4.50. The maximum absolute atomic E-state index is 14.0. The third-order valence-electron chi connectivity index (χ3n) is 3.58. The molecule has 0 aliphatic heterocycles. The van der Waals surface area contributed by atoms with Crippen LogP contribution >= 0.6 is 0 Å². The minimum Gasteiger partial charge on any atom is -0.616 e. The van der Waals surface area contributed by atoms with E-state index in [1.807, 2.05) is 0 Å². The molecule has 0 radical (unpaired) electrons. The van der Waals surface area contributed by atoms with Gasteiger partial charge in [0, 0.05) is 11.5 Å². The van der Waals surface area contributed by atoms with E-state index in [1.54, 1.807) is 0 Å². The highest BCUT2D eigenvalue weighted by atomic mass is 32.2. The fourth-order valence-electron chi connectivity index (χ4n) is 2.35. The molecule has 1 aromatic carbocycles. The van der Waals surface area contributed by atoms with E-state index >= 15 is 0 Å². The monoisotopic (exact) mass is 325 g/mol. The van der Waals surface area contributed by atoms with Crippen molar-refractivity contribution >= 4 is 17.0 Å². The summed E-state index contributed by atoms with van der Waals surface area (Å²) in [5, 5.41) is 3.64. The Balaban J connectivity index is 2.05. The Hall–Kier alpha value is -1.73. The van der Waals surface area contributed by atoms with E-state index < -0.39 is 28.6 Å². The summed E-state index contributed by atoms with van der Waals surface area (Å²) in [6, 6.07) is 2.11. The van der Waals surface area contributed by atoms with Gasteiger partial charge in [0.25, 0.3) is 0 Å². The van der Waals surface area contributed by atoms with Gasteiger partial charge in [0.2, 0.25) is 0 Å². The predicted molar refractivity (Wildman–Crippen MR) is 76.0 cm³/mol. The highest BCUT2D eigenvalue weighted by molar-refractivity contribution is 7.89. The lowest BCUT2D eigenvalue weighted by molar-refractivity contribution is 0.103. The van der Waals surface area contributed by atoms with Gasteiger partial charge in [0.15, 0.2) is 23.2 Å². The second-order valence-corrected chi connectivity index (χ2v) is 6.75. The third kappa shape index (κ3) is 2.78. The van der Waals surface area contributed by atoms with Crippen LogP contribution in [-0.2, 0) is 16.9 Å². The van der Waals surface area contributed by atoms with E-state index in [-0.39, 0.29) is 28.4 Å². The molecule has 4 nitrogen and oxygen atoms in total. The molecule has 1 unspecified atom stereocenters. The largest absolute Gasteiger partial charge is 0.616 e. The molecule has 2 aromatic rings. The van der Waals surface area contributed by atoms with Crippen LogP contribution in [0, 0.1) is 11.6 Å². The summed E-state index contributed by atoms with van der Waals surface area (Å²) in [4.78, 5) is 12.6. The normalized spacial score (nSPS) is 15.8. The fourth-order valence-corrected chi connectivity index (χ4v) is 3.04. The molecule has 1 aromatic heterocycles. The average molecular weight is 325 g/mol. The van der Waals surface area contributed by atoms with Gasteiger partial charge in [-0.25, -0.2) is 8.78 Å². The van der Waals surface area contributed by atoms with Crippen LogP contribution < -0.4 is 0 Å². The molecule has 0 N–H and O–H groups in total. The van der Waals surface area contributed by atoms with Gasteiger partial charge in [-0.3, -0.25) is 4.79 Å². The lowest BCUT2D eigenvalue weighted by atomic mass is 9.98. The number of aromatic nitrogens is 1. The maximum Gasteiger partial charge on any atom is 0.198 e. The molecule has 1 saturated carbocycles. The molecule has 1 atom stereocenters. The van der Waals surface area contributed by atoms with Gasteiger partial charge in [0.1, 0.15) is 5.75 Å². The van der Waals surface area contributed by atoms with Crippen molar-refractivity contribution in [2.24, 2.45) is 0 Å². The highest BCUT2D eigenvalue weighted by Gasteiger charge is 2.34. The van der Waals surface area contributed by atoms with Crippen LogP contribution in [0.2, 0.25) is 0 Å². The summed E-state index contributed by atoms with van der Waals surface area (Å²) in [5.74, 6) is -2.26. The molecule has 0 bridgehead atoms. The predicted octanol–water partition coefficient (Wildman–Crippen LogP) is 2.94. The van der Waals surface area contributed by atoms with Crippen LogP contribution in [0.25, 0.3) is 0 Å². The van der Waals surface area contributed by atoms with Gasteiger partial charge < -0.3 is 9.08 Å². The Bertz CT molecular complexity index is 726. The molecule has 0 saturated heterocycles. The van der Waals surface area contributed by atoms with Crippen LogP contribution in [-0.4, -0.2) is 21.7 Å². The molecule has 1 heterocycles. The maximum atomic E-state index is 14.0. The Morgan fingerprint density at radius 1 is 1.41 bits per heavy atom. The molecular formula is C15H13F2NO3S. The van der Waals surface area contributed by atoms with Crippen LogP contribution in [0.3, 0.4) is 0 Å². The molecule has 1 aliphatic carbocycles. The molecule has 0 amide bonds. The smallest absolute Gasteiger partial charge is 0.198 e. The lowest BCUT2D eigenvalue weighted by Crippen LogP contribution is -2.13. The Labute approximate surface area is 128 Å². The fraction of sp³-hybridized carbons (Fsp3) is 0.333. The van der Waals surface area contributed by atoms with Crippen LogP contribution in [0.15, 0.2) is 22.9 Å². The van der Waals surface area contributed by atoms with Crippen molar-refractivity contribution in [3.05, 3.63) is 52.4 Å². The highest BCUT2D eigenvalue weighted by Crippen LogP contribution is 2.42. The van der Waals surface area contributed by atoms with Gasteiger partial charge in [-0.05, 0) is 25.0 Å². The molecule has 7 heteroatoms. The third-order valence-corrected chi connectivity index (χ3v) is 4.27. The number of halogens is 2. The summed E-state index contributed by atoms with van der Waals surface area (Å²) >= 11 is -1.41. The number of nitrogens with zero attached hydrogens (tertiary/aromatic N) is 1. The van der Waals surface area contributed by atoms with Crippen molar-refractivity contribution in [3.63, 3.8) is 0 Å². The number of carbonyl (C=O) groups is 1. The van der Waals surface area contributed by atoms with Crippen LogP contribution in [0.5, 0.6) is 0 Å². The minimum absolute atomic E-state index is 0.000741. The molecule has 116 valence electrons. The number of hydrogen-bond acceptors (Lipinski definition) is 4. The van der Waals surface area contributed by atoms with Crippen LogP contribution in [0.4, 0.5) is 8.78 Å².